The van der Waals surface area contributed by atoms with Crippen molar-refractivity contribution in [1.82, 2.24) is 9.71 Å². The maximum atomic E-state index is 11.8. The van der Waals surface area contributed by atoms with Crippen LogP contribution in [0.3, 0.4) is 0 Å². The highest BCUT2D eigenvalue weighted by atomic mass is 19.4. The first-order valence-corrected chi connectivity index (χ1v) is 2.69. The molecule has 0 amide bonds. The molecule has 0 unspecified atom stereocenters. The maximum Gasteiger partial charge on any atom is 0.444 e. The molecule has 0 aliphatic rings. The van der Waals surface area contributed by atoms with E-state index in [1.807, 2.05) is 0 Å². The number of rotatable bonds is 2. The van der Waals surface area contributed by atoms with Crippen molar-refractivity contribution in [3.63, 3.8) is 0 Å². The number of imidazole rings is 1. The molecule has 0 fully saturated rings. The van der Waals surface area contributed by atoms with Gasteiger partial charge in [-0.05, 0) is 0 Å². The molecule has 0 aliphatic carbocycles. The number of alkyl halides is 3. The van der Waals surface area contributed by atoms with Crippen molar-refractivity contribution in [2.24, 2.45) is 0 Å². The summed E-state index contributed by atoms with van der Waals surface area (Å²) in [5.74, 6) is 0. The van der Waals surface area contributed by atoms with Gasteiger partial charge in [0.2, 0.25) is 0 Å². The van der Waals surface area contributed by atoms with Gasteiger partial charge in [0, 0.05) is 0 Å². The molecule has 0 spiro atoms. The van der Waals surface area contributed by atoms with E-state index in [0.717, 1.165) is 6.47 Å². The van der Waals surface area contributed by atoms with Crippen molar-refractivity contribution in [1.29, 1.82) is 0 Å². The molecule has 0 aliphatic heterocycles. The molecule has 0 saturated carbocycles. The predicted octanol–water partition coefficient (Wildman–Crippen LogP) is 0.398. The van der Waals surface area contributed by atoms with Gasteiger partial charge in [-0.2, -0.15) is 17.9 Å². The minimum Gasteiger partial charge on any atom is -0.324 e. The van der Waals surface area contributed by atoms with E-state index in [4.69, 9.17) is 0 Å². The molecule has 0 saturated heterocycles. The van der Waals surface area contributed by atoms with Gasteiger partial charge >= 0.3 is 12.6 Å². The highest BCUT2D eigenvalue weighted by Crippen LogP contribution is 2.26. The fraction of sp³-hybridized carbons (Fsp3) is 0.200. The minimum absolute atomic E-state index is 0.510. The fourth-order valence-corrected chi connectivity index (χ4v) is 0.546. The van der Waals surface area contributed by atoms with Gasteiger partial charge in [-0.1, -0.05) is 0 Å². The van der Waals surface area contributed by atoms with Crippen LogP contribution >= 0.6 is 0 Å². The first-order valence-electron chi connectivity index (χ1n) is 2.69. The molecule has 12 heavy (non-hydrogen) atoms. The fourth-order valence-electron chi connectivity index (χ4n) is 0.546. The summed E-state index contributed by atoms with van der Waals surface area (Å²) in [6, 6.07) is 0. The lowest BCUT2D eigenvalue weighted by molar-refractivity contribution is -0.141. The summed E-state index contributed by atoms with van der Waals surface area (Å²) in [6.07, 6.45) is -3.28. The van der Waals surface area contributed by atoms with E-state index in [0.29, 0.717) is 17.3 Å². The number of aromatic nitrogens is 2. The molecule has 0 bridgehead atoms. The van der Waals surface area contributed by atoms with E-state index in [-0.39, 0.29) is 0 Å². The molecular formula is C5H2F3N2O2. The molecule has 0 atom stereocenters. The number of hydrogen-bond donors (Lipinski definition) is 0. The lowest BCUT2D eigenvalue weighted by atomic mass is 10.5. The Bertz CT molecular complexity index is 280. The molecule has 4 nitrogen and oxygen atoms in total. The summed E-state index contributed by atoms with van der Waals surface area (Å²) < 4.78 is 35.9. The zero-order valence-corrected chi connectivity index (χ0v) is 5.50. The Morgan fingerprint density at radius 2 is 2.25 bits per heavy atom. The van der Waals surface area contributed by atoms with Gasteiger partial charge in [0.1, 0.15) is 6.33 Å². The van der Waals surface area contributed by atoms with Gasteiger partial charge in [0.25, 0.3) is 0 Å². The topological polar surface area (TPSA) is 44.1 Å². The van der Waals surface area contributed by atoms with Crippen LogP contribution in [0.4, 0.5) is 13.2 Å². The Hall–Kier alpha value is -1.53. The molecule has 1 radical (unpaired) electrons. The summed E-state index contributed by atoms with van der Waals surface area (Å²) in [5, 5.41) is 0. The second-order valence-corrected chi connectivity index (χ2v) is 1.79. The first-order chi connectivity index (χ1) is 5.54. The number of halogens is 3. The minimum atomic E-state index is -4.53. The Labute approximate surface area is 64.5 Å². The van der Waals surface area contributed by atoms with E-state index in [1.165, 1.54) is 0 Å². The Balaban J connectivity index is 2.84. The molecule has 0 N–H and O–H groups in total. The highest BCUT2D eigenvalue weighted by Gasteiger charge is 2.33. The van der Waals surface area contributed by atoms with Crippen molar-refractivity contribution in [3.8, 4) is 0 Å². The highest BCUT2D eigenvalue weighted by molar-refractivity contribution is 5.38. The van der Waals surface area contributed by atoms with Crippen LogP contribution in [-0.4, -0.2) is 16.2 Å². The Morgan fingerprint density at radius 1 is 1.58 bits per heavy atom. The molecular weight excluding hydrogens is 177 g/mol. The van der Waals surface area contributed by atoms with Crippen LogP contribution in [0.2, 0.25) is 0 Å². The van der Waals surface area contributed by atoms with Gasteiger partial charge in [0.15, 0.2) is 5.69 Å². The SMILES string of the molecule is O=[C]On1cnc(C(F)(F)F)c1. The summed E-state index contributed by atoms with van der Waals surface area (Å²) in [6.45, 7) is 0.954. The largest absolute Gasteiger partial charge is 0.444 e. The second kappa shape index (κ2) is 2.84. The summed E-state index contributed by atoms with van der Waals surface area (Å²) in [7, 11) is 0. The average molecular weight is 179 g/mol. The Morgan fingerprint density at radius 3 is 2.67 bits per heavy atom. The summed E-state index contributed by atoms with van der Waals surface area (Å²) >= 11 is 0. The standard InChI is InChI=1S/C5H2F3N2O2/c6-5(7,8)4-1-10(2-9-4)12-3-11/h1-2H. The van der Waals surface area contributed by atoms with Crippen molar-refractivity contribution >= 4 is 6.47 Å². The molecule has 1 rings (SSSR count). The number of nitrogens with zero attached hydrogens (tertiary/aromatic N) is 2. The van der Waals surface area contributed by atoms with Gasteiger partial charge in [-0.15, -0.1) is 0 Å². The molecule has 1 aromatic heterocycles. The summed E-state index contributed by atoms with van der Waals surface area (Å²) in [5.41, 5.74) is -1.13. The first kappa shape index (κ1) is 8.57. The second-order valence-electron chi connectivity index (χ2n) is 1.79. The molecule has 1 heterocycles. The Kier molecular flexibility index (Phi) is 2.03. The van der Waals surface area contributed by atoms with Crippen molar-refractivity contribution in [2.75, 3.05) is 0 Å². The molecule has 0 aromatic carbocycles. The normalized spacial score (nSPS) is 11.2. The van der Waals surface area contributed by atoms with Crippen molar-refractivity contribution in [3.05, 3.63) is 18.2 Å². The van der Waals surface area contributed by atoms with Crippen LogP contribution in [0.5, 0.6) is 0 Å². The third-order valence-electron chi connectivity index (χ3n) is 0.993. The quantitative estimate of drug-likeness (QED) is 0.659. The van der Waals surface area contributed by atoms with Crippen LogP contribution in [0.1, 0.15) is 5.69 Å². The third kappa shape index (κ3) is 1.74. The summed E-state index contributed by atoms with van der Waals surface area (Å²) in [4.78, 5) is 16.4. The molecule has 7 heteroatoms. The van der Waals surface area contributed by atoms with E-state index < -0.39 is 11.9 Å². The van der Waals surface area contributed by atoms with E-state index >= 15 is 0 Å². The van der Waals surface area contributed by atoms with Crippen LogP contribution in [0.15, 0.2) is 12.5 Å². The zero-order chi connectivity index (χ0) is 9.19. The van der Waals surface area contributed by atoms with Crippen molar-refractivity contribution in [2.45, 2.75) is 6.18 Å². The van der Waals surface area contributed by atoms with Crippen LogP contribution in [0.25, 0.3) is 0 Å². The lowest BCUT2D eigenvalue weighted by Gasteiger charge is -1.99. The van der Waals surface area contributed by atoms with Crippen LogP contribution in [0, 0.1) is 0 Å². The molecule has 1 aromatic rings. The van der Waals surface area contributed by atoms with Gasteiger partial charge < -0.3 is 4.84 Å². The zero-order valence-electron chi connectivity index (χ0n) is 5.50. The van der Waals surface area contributed by atoms with Crippen molar-refractivity contribution < 1.29 is 22.8 Å². The lowest BCUT2D eigenvalue weighted by Crippen LogP contribution is -2.07. The van der Waals surface area contributed by atoms with Gasteiger partial charge in [0.05, 0.1) is 6.20 Å². The average Bonchev–Trinajstić information content (AvgIpc) is 2.35. The van der Waals surface area contributed by atoms with Crippen LogP contribution < -0.4 is 4.84 Å². The monoisotopic (exact) mass is 179 g/mol. The number of carbonyl (C=O) groups excluding carboxylic acids is 1. The van der Waals surface area contributed by atoms with E-state index in [9.17, 15) is 18.0 Å². The third-order valence-corrected chi connectivity index (χ3v) is 0.993. The number of hydrogen-bond acceptors (Lipinski definition) is 3. The molecule has 65 valence electrons. The maximum absolute atomic E-state index is 11.8. The smallest absolute Gasteiger partial charge is 0.324 e. The van der Waals surface area contributed by atoms with E-state index in [1.54, 1.807) is 0 Å². The van der Waals surface area contributed by atoms with E-state index in [2.05, 4.69) is 9.82 Å². The van der Waals surface area contributed by atoms with Gasteiger partial charge in [-0.25, -0.2) is 9.78 Å². The van der Waals surface area contributed by atoms with Gasteiger partial charge in [-0.3, -0.25) is 0 Å². The predicted molar refractivity (Wildman–Crippen MR) is 29.5 cm³/mol. The van der Waals surface area contributed by atoms with Crippen LogP contribution in [-0.2, 0) is 11.0 Å².